The molecule has 0 spiro atoms. The van der Waals surface area contributed by atoms with Crippen LogP contribution in [0.2, 0.25) is 0 Å². The fourth-order valence-corrected chi connectivity index (χ4v) is 2.08. The van der Waals surface area contributed by atoms with E-state index in [0.717, 1.165) is 17.6 Å². The molecule has 0 aliphatic heterocycles. The number of nitrogens with zero attached hydrogens (tertiary/aromatic N) is 2. The van der Waals surface area contributed by atoms with Gasteiger partial charge in [-0.25, -0.2) is 9.78 Å². The molecule has 0 saturated carbocycles. The first kappa shape index (κ1) is 11.1. The van der Waals surface area contributed by atoms with Crippen LogP contribution in [-0.4, -0.2) is 22.6 Å². The summed E-state index contributed by atoms with van der Waals surface area (Å²) in [5.74, 6) is -0.433. The summed E-state index contributed by atoms with van der Waals surface area (Å²) in [6, 6.07) is 3.85. The Morgan fingerprint density at radius 2 is 2.38 bits per heavy atom. The second-order valence-electron chi connectivity index (χ2n) is 3.32. The van der Waals surface area contributed by atoms with Crippen LogP contribution in [0, 0.1) is 0 Å². The topological polar surface area (TPSA) is 44.1 Å². The van der Waals surface area contributed by atoms with Gasteiger partial charge in [0.25, 0.3) is 0 Å². The molecule has 2 aromatic rings. The molecular formula is C11H11BrN2O2. The summed E-state index contributed by atoms with van der Waals surface area (Å²) in [5, 5.41) is 1.00. The Hall–Kier alpha value is -1.36. The van der Waals surface area contributed by atoms with Gasteiger partial charge in [-0.15, -0.1) is 0 Å². The molecule has 2 heterocycles. The van der Waals surface area contributed by atoms with Gasteiger partial charge in [-0.2, -0.15) is 0 Å². The average Bonchev–Trinajstić information content (AvgIpc) is 2.68. The Morgan fingerprint density at radius 3 is 3.00 bits per heavy atom. The predicted molar refractivity (Wildman–Crippen MR) is 64.4 cm³/mol. The molecule has 0 N–H and O–H groups in total. The summed E-state index contributed by atoms with van der Waals surface area (Å²) in [5.41, 5.74) is 1.11. The third-order valence-electron chi connectivity index (χ3n) is 2.41. The van der Waals surface area contributed by atoms with Gasteiger partial charge < -0.3 is 9.30 Å². The van der Waals surface area contributed by atoms with Crippen LogP contribution >= 0.6 is 15.9 Å². The lowest BCUT2D eigenvalue weighted by Gasteiger charge is -2.04. The Labute approximate surface area is 101 Å². The zero-order chi connectivity index (χ0) is 11.7. The lowest BCUT2D eigenvalue weighted by atomic mass is 10.3. The largest absolute Gasteiger partial charge is 0.464 e. The minimum absolute atomic E-state index is 0.309. The molecule has 0 aliphatic carbocycles. The smallest absolute Gasteiger partial charge is 0.357 e. The number of methoxy groups -OCH3 is 1. The summed E-state index contributed by atoms with van der Waals surface area (Å²) in [6.07, 6.45) is 1.95. The van der Waals surface area contributed by atoms with E-state index in [9.17, 15) is 4.79 Å². The maximum absolute atomic E-state index is 11.5. The minimum Gasteiger partial charge on any atom is -0.464 e. The summed E-state index contributed by atoms with van der Waals surface area (Å²) in [6.45, 7) is 2.85. The number of rotatable bonds is 2. The van der Waals surface area contributed by atoms with E-state index in [1.54, 1.807) is 0 Å². The van der Waals surface area contributed by atoms with Gasteiger partial charge >= 0.3 is 5.97 Å². The highest BCUT2D eigenvalue weighted by Crippen LogP contribution is 2.22. The van der Waals surface area contributed by atoms with Crippen molar-refractivity contribution >= 4 is 32.9 Å². The predicted octanol–water partition coefficient (Wildman–Crippen LogP) is 2.61. The number of pyridine rings is 1. The van der Waals surface area contributed by atoms with Gasteiger partial charge in [0.1, 0.15) is 5.65 Å². The lowest BCUT2D eigenvalue weighted by molar-refractivity contribution is 0.0593. The van der Waals surface area contributed by atoms with Crippen molar-refractivity contribution in [3.05, 3.63) is 28.5 Å². The first-order chi connectivity index (χ1) is 7.67. The molecule has 2 rings (SSSR count). The van der Waals surface area contributed by atoms with E-state index in [-0.39, 0.29) is 0 Å². The van der Waals surface area contributed by atoms with Crippen molar-refractivity contribution in [1.82, 2.24) is 9.55 Å². The normalized spacial score (nSPS) is 10.7. The Balaban J connectivity index is 2.67. The molecule has 0 saturated heterocycles. The molecule has 5 heteroatoms. The van der Waals surface area contributed by atoms with Crippen LogP contribution in [0.1, 0.15) is 17.4 Å². The third kappa shape index (κ3) is 1.71. The second-order valence-corrected chi connectivity index (χ2v) is 4.18. The number of hydrogen-bond donors (Lipinski definition) is 0. The SMILES string of the molecule is CCn1ccc2cc(Br)c(C(=O)OC)nc21. The number of aromatic nitrogens is 2. The van der Waals surface area contributed by atoms with E-state index < -0.39 is 5.97 Å². The molecular weight excluding hydrogens is 272 g/mol. The van der Waals surface area contributed by atoms with Gasteiger partial charge in [0, 0.05) is 18.1 Å². The Kier molecular flexibility index (Phi) is 2.96. The molecule has 0 radical (unpaired) electrons. The molecule has 4 nitrogen and oxygen atoms in total. The third-order valence-corrected chi connectivity index (χ3v) is 3.01. The fraction of sp³-hybridized carbons (Fsp3) is 0.273. The zero-order valence-corrected chi connectivity index (χ0v) is 10.6. The van der Waals surface area contributed by atoms with Crippen LogP contribution in [0.3, 0.4) is 0 Å². The van der Waals surface area contributed by atoms with E-state index in [1.165, 1.54) is 7.11 Å². The summed E-state index contributed by atoms with van der Waals surface area (Å²) < 4.78 is 7.31. The number of halogens is 1. The second kappa shape index (κ2) is 4.25. The van der Waals surface area contributed by atoms with E-state index in [2.05, 4.69) is 25.7 Å². The number of esters is 1. The van der Waals surface area contributed by atoms with Crippen molar-refractivity contribution in [3.8, 4) is 0 Å². The molecule has 2 aromatic heterocycles. The number of hydrogen-bond acceptors (Lipinski definition) is 3. The van der Waals surface area contributed by atoms with Gasteiger partial charge in [-0.1, -0.05) is 0 Å². The summed E-state index contributed by atoms with van der Waals surface area (Å²) in [4.78, 5) is 15.8. The number of carbonyl (C=O) groups excluding carboxylic acids is 1. The first-order valence-electron chi connectivity index (χ1n) is 4.91. The average molecular weight is 283 g/mol. The Morgan fingerprint density at radius 1 is 1.62 bits per heavy atom. The molecule has 0 aromatic carbocycles. The lowest BCUT2D eigenvalue weighted by Crippen LogP contribution is -2.06. The van der Waals surface area contributed by atoms with Gasteiger partial charge in [-0.05, 0) is 35.0 Å². The maximum Gasteiger partial charge on any atom is 0.357 e. The van der Waals surface area contributed by atoms with Crippen molar-refractivity contribution in [3.63, 3.8) is 0 Å². The van der Waals surface area contributed by atoms with Crippen molar-refractivity contribution in [1.29, 1.82) is 0 Å². The maximum atomic E-state index is 11.5. The number of carbonyl (C=O) groups is 1. The highest BCUT2D eigenvalue weighted by Gasteiger charge is 2.14. The van der Waals surface area contributed by atoms with Gasteiger partial charge in [0.05, 0.1) is 11.6 Å². The highest BCUT2D eigenvalue weighted by molar-refractivity contribution is 9.10. The highest BCUT2D eigenvalue weighted by atomic mass is 79.9. The van der Waals surface area contributed by atoms with Gasteiger partial charge in [0.15, 0.2) is 5.69 Å². The summed E-state index contributed by atoms with van der Waals surface area (Å²) in [7, 11) is 1.35. The number of fused-ring (bicyclic) bond motifs is 1. The fourth-order valence-electron chi connectivity index (χ4n) is 1.58. The van der Waals surface area contributed by atoms with E-state index in [1.807, 2.05) is 29.8 Å². The number of ether oxygens (including phenoxy) is 1. The molecule has 84 valence electrons. The van der Waals surface area contributed by atoms with Crippen molar-refractivity contribution in [2.24, 2.45) is 0 Å². The van der Waals surface area contributed by atoms with Gasteiger partial charge in [0.2, 0.25) is 0 Å². The molecule has 0 bridgehead atoms. The molecule has 0 amide bonds. The van der Waals surface area contributed by atoms with Crippen molar-refractivity contribution < 1.29 is 9.53 Å². The molecule has 0 aliphatic rings. The van der Waals surface area contributed by atoms with Crippen LogP contribution in [-0.2, 0) is 11.3 Å². The zero-order valence-electron chi connectivity index (χ0n) is 9.03. The van der Waals surface area contributed by atoms with Crippen LogP contribution in [0.15, 0.2) is 22.8 Å². The minimum atomic E-state index is -0.433. The standard InChI is InChI=1S/C11H11BrN2O2/c1-3-14-5-4-7-6-8(12)9(11(15)16-2)13-10(7)14/h4-6H,3H2,1-2H3. The van der Waals surface area contributed by atoms with Gasteiger partial charge in [-0.3, -0.25) is 0 Å². The summed E-state index contributed by atoms with van der Waals surface area (Å²) >= 11 is 3.32. The van der Waals surface area contributed by atoms with Crippen LogP contribution in [0.5, 0.6) is 0 Å². The number of aryl methyl sites for hydroxylation is 1. The van der Waals surface area contributed by atoms with Crippen LogP contribution < -0.4 is 0 Å². The van der Waals surface area contributed by atoms with Crippen LogP contribution in [0.25, 0.3) is 11.0 Å². The Bertz CT molecular complexity index is 548. The monoisotopic (exact) mass is 282 g/mol. The van der Waals surface area contributed by atoms with Crippen molar-refractivity contribution in [2.45, 2.75) is 13.5 Å². The van der Waals surface area contributed by atoms with Crippen molar-refractivity contribution in [2.75, 3.05) is 7.11 Å². The quantitative estimate of drug-likeness (QED) is 0.796. The van der Waals surface area contributed by atoms with E-state index >= 15 is 0 Å². The molecule has 0 atom stereocenters. The van der Waals surface area contributed by atoms with Crippen LogP contribution in [0.4, 0.5) is 0 Å². The first-order valence-corrected chi connectivity index (χ1v) is 5.70. The van der Waals surface area contributed by atoms with E-state index in [4.69, 9.17) is 0 Å². The molecule has 16 heavy (non-hydrogen) atoms. The molecule has 0 unspecified atom stereocenters. The molecule has 0 fully saturated rings. The van der Waals surface area contributed by atoms with E-state index in [0.29, 0.717) is 10.2 Å².